The van der Waals surface area contributed by atoms with E-state index in [-0.39, 0.29) is 0 Å². The van der Waals surface area contributed by atoms with Crippen molar-refractivity contribution in [2.45, 2.75) is 0 Å². The van der Waals surface area contributed by atoms with Gasteiger partial charge in [-0.05, 0) is 124 Å². The fraction of sp³-hybridized carbons (Fsp3) is 0. The molecule has 0 spiro atoms. The van der Waals surface area contributed by atoms with Gasteiger partial charge in [-0.2, -0.15) is 0 Å². The lowest BCUT2D eigenvalue weighted by molar-refractivity contribution is 1.19. The monoisotopic (exact) mass is 721 g/mol. The van der Waals surface area contributed by atoms with E-state index in [2.05, 4.69) is 217 Å². The Morgan fingerprint density at radius 3 is 1.37 bits per heavy atom. The molecule has 1 heteroatoms. The highest BCUT2D eigenvalue weighted by Crippen LogP contribution is 2.46. The molecule has 0 aliphatic heterocycles. The molecule has 0 N–H and O–H groups in total. The zero-order valence-corrected chi connectivity index (χ0v) is 31.2. The fourth-order valence-corrected chi connectivity index (χ4v) is 9.57. The summed E-state index contributed by atoms with van der Waals surface area (Å²) in [6.07, 6.45) is 0. The molecule has 0 aliphatic rings. The second-order valence-electron chi connectivity index (χ2n) is 15.2. The fourth-order valence-electron chi connectivity index (χ4n) is 9.57. The van der Waals surface area contributed by atoms with Crippen molar-refractivity contribution in [1.82, 2.24) is 4.57 Å². The zero-order valence-electron chi connectivity index (χ0n) is 31.2. The van der Waals surface area contributed by atoms with Crippen LogP contribution in [0, 0.1) is 0 Å². The predicted octanol–water partition coefficient (Wildman–Crippen LogP) is 15.6. The molecule has 0 saturated carbocycles. The summed E-state index contributed by atoms with van der Waals surface area (Å²) in [7, 11) is 0. The number of rotatable bonds is 4. The van der Waals surface area contributed by atoms with Crippen molar-refractivity contribution >= 4 is 75.7 Å². The van der Waals surface area contributed by atoms with Gasteiger partial charge in [0.2, 0.25) is 0 Å². The van der Waals surface area contributed by atoms with Crippen molar-refractivity contribution in [2.24, 2.45) is 0 Å². The SMILES string of the molecule is c1ccc(-c2ccc3c(-c4ccc5cc(-n6c7ccc8ccccc8c7c7c8ccccc8ccc76)ccc5c4)c4ccccc4c(-c4ccccc4)c3c2)cc1. The third-order valence-corrected chi connectivity index (χ3v) is 12.1. The average molecular weight is 722 g/mol. The van der Waals surface area contributed by atoms with Gasteiger partial charge in [0.05, 0.1) is 11.0 Å². The van der Waals surface area contributed by atoms with E-state index in [0.29, 0.717) is 0 Å². The molecular formula is C56H35N. The molecule has 0 unspecified atom stereocenters. The van der Waals surface area contributed by atoms with Crippen LogP contribution in [0.15, 0.2) is 212 Å². The summed E-state index contributed by atoms with van der Waals surface area (Å²) in [6.45, 7) is 0. The van der Waals surface area contributed by atoms with Crippen LogP contribution >= 0.6 is 0 Å². The van der Waals surface area contributed by atoms with Gasteiger partial charge in [-0.3, -0.25) is 0 Å². The third-order valence-electron chi connectivity index (χ3n) is 12.1. The summed E-state index contributed by atoms with van der Waals surface area (Å²) in [5, 5.41) is 15.2. The second-order valence-corrected chi connectivity index (χ2v) is 15.2. The van der Waals surface area contributed by atoms with Crippen molar-refractivity contribution in [3.8, 4) is 39.1 Å². The number of hydrogen-bond acceptors (Lipinski definition) is 0. The first-order valence-electron chi connectivity index (χ1n) is 19.8. The van der Waals surface area contributed by atoms with E-state index in [1.165, 1.54) is 109 Å². The van der Waals surface area contributed by atoms with Crippen LogP contribution in [0.2, 0.25) is 0 Å². The lowest BCUT2D eigenvalue weighted by Gasteiger charge is -2.19. The van der Waals surface area contributed by atoms with Crippen LogP contribution in [0.3, 0.4) is 0 Å². The zero-order chi connectivity index (χ0) is 37.5. The van der Waals surface area contributed by atoms with Crippen LogP contribution in [-0.2, 0) is 0 Å². The number of benzene rings is 11. The summed E-state index contributed by atoms with van der Waals surface area (Å²) in [6, 6.07) is 78.3. The van der Waals surface area contributed by atoms with Crippen LogP contribution in [0.4, 0.5) is 0 Å². The normalized spacial score (nSPS) is 11.9. The smallest absolute Gasteiger partial charge is 0.0547 e. The number of hydrogen-bond donors (Lipinski definition) is 0. The Morgan fingerprint density at radius 2 is 0.719 bits per heavy atom. The number of nitrogens with zero attached hydrogens (tertiary/aromatic N) is 1. The maximum atomic E-state index is 2.46. The first kappa shape index (κ1) is 31.8. The van der Waals surface area contributed by atoms with Crippen LogP contribution in [0.5, 0.6) is 0 Å². The quantitative estimate of drug-likeness (QED) is 0.160. The van der Waals surface area contributed by atoms with E-state index in [9.17, 15) is 0 Å². The summed E-state index contributed by atoms with van der Waals surface area (Å²) < 4.78 is 2.46. The molecule has 12 rings (SSSR count). The molecule has 57 heavy (non-hydrogen) atoms. The Kier molecular flexibility index (Phi) is 7.00. The van der Waals surface area contributed by atoms with Crippen LogP contribution in [0.25, 0.3) is 115 Å². The van der Waals surface area contributed by atoms with Crippen LogP contribution in [0.1, 0.15) is 0 Å². The summed E-state index contributed by atoms with van der Waals surface area (Å²) in [5.41, 5.74) is 11.1. The molecule has 0 saturated heterocycles. The van der Waals surface area contributed by atoms with E-state index >= 15 is 0 Å². The molecule has 0 atom stereocenters. The molecular weight excluding hydrogens is 687 g/mol. The van der Waals surface area contributed by atoms with Gasteiger partial charge >= 0.3 is 0 Å². The molecule has 1 aromatic heterocycles. The van der Waals surface area contributed by atoms with Gasteiger partial charge in [-0.1, -0.05) is 176 Å². The highest BCUT2D eigenvalue weighted by atomic mass is 15.0. The van der Waals surface area contributed by atoms with Crippen molar-refractivity contribution in [1.29, 1.82) is 0 Å². The highest BCUT2D eigenvalue weighted by molar-refractivity contribution is 6.28. The topological polar surface area (TPSA) is 4.93 Å². The maximum absolute atomic E-state index is 2.46. The van der Waals surface area contributed by atoms with E-state index in [1.807, 2.05) is 0 Å². The van der Waals surface area contributed by atoms with Crippen molar-refractivity contribution in [3.63, 3.8) is 0 Å². The van der Waals surface area contributed by atoms with Crippen molar-refractivity contribution in [3.05, 3.63) is 212 Å². The molecule has 0 bridgehead atoms. The molecule has 11 aromatic carbocycles. The summed E-state index contributed by atoms with van der Waals surface area (Å²) in [5.74, 6) is 0. The van der Waals surface area contributed by atoms with Crippen LogP contribution < -0.4 is 0 Å². The highest BCUT2D eigenvalue weighted by Gasteiger charge is 2.20. The molecule has 0 radical (unpaired) electrons. The van der Waals surface area contributed by atoms with Gasteiger partial charge in [-0.25, -0.2) is 0 Å². The predicted molar refractivity (Wildman–Crippen MR) is 245 cm³/mol. The molecule has 0 aliphatic carbocycles. The summed E-state index contributed by atoms with van der Waals surface area (Å²) >= 11 is 0. The Hall–Kier alpha value is -7.48. The van der Waals surface area contributed by atoms with Gasteiger partial charge in [-0.15, -0.1) is 0 Å². The lowest BCUT2D eigenvalue weighted by atomic mass is 9.84. The molecule has 1 heterocycles. The van der Waals surface area contributed by atoms with E-state index in [4.69, 9.17) is 0 Å². The van der Waals surface area contributed by atoms with Crippen LogP contribution in [-0.4, -0.2) is 4.57 Å². The standard InChI is InChI=1S/C56H35N/c1-3-13-36(14-4-1)42-26-30-49-50(35-42)53(39-17-5-2-6-18-39)47-21-11-12-22-48(47)54(49)43-24-23-41-34-44(29-25-40(41)33-43)57-51-31-27-37-15-7-9-19-45(37)55(51)56-46-20-10-8-16-38(46)28-32-52(56)57/h1-35H. The second kappa shape index (κ2) is 12.5. The molecule has 0 fully saturated rings. The maximum Gasteiger partial charge on any atom is 0.0547 e. The van der Waals surface area contributed by atoms with Crippen molar-refractivity contribution in [2.75, 3.05) is 0 Å². The Balaban J connectivity index is 1.08. The average Bonchev–Trinajstić information content (AvgIpc) is 3.64. The Bertz CT molecular complexity index is 3460. The van der Waals surface area contributed by atoms with Gasteiger partial charge in [0.1, 0.15) is 0 Å². The molecule has 12 aromatic rings. The number of aromatic nitrogens is 1. The van der Waals surface area contributed by atoms with Gasteiger partial charge in [0.15, 0.2) is 0 Å². The first-order valence-corrected chi connectivity index (χ1v) is 19.8. The Morgan fingerprint density at radius 1 is 0.246 bits per heavy atom. The molecule has 264 valence electrons. The largest absolute Gasteiger partial charge is 0.309 e. The minimum atomic E-state index is 1.16. The van der Waals surface area contributed by atoms with Gasteiger partial charge < -0.3 is 4.57 Å². The summed E-state index contributed by atoms with van der Waals surface area (Å²) in [4.78, 5) is 0. The van der Waals surface area contributed by atoms with E-state index < -0.39 is 0 Å². The van der Waals surface area contributed by atoms with E-state index in [1.54, 1.807) is 0 Å². The minimum absolute atomic E-state index is 1.16. The molecule has 0 amide bonds. The van der Waals surface area contributed by atoms with Crippen molar-refractivity contribution < 1.29 is 0 Å². The van der Waals surface area contributed by atoms with Gasteiger partial charge in [0, 0.05) is 16.5 Å². The third kappa shape index (κ3) is 4.89. The molecule has 1 nitrogen and oxygen atoms in total. The first-order chi connectivity index (χ1) is 28.3. The lowest BCUT2D eigenvalue weighted by Crippen LogP contribution is -1.94. The Labute approximate surface area is 330 Å². The number of fused-ring (bicyclic) bond motifs is 10. The van der Waals surface area contributed by atoms with E-state index in [0.717, 1.165) is 5.69 Å². The minimum Gasteiger partial charge on any atom is -0.309 e. The van der Waals surface area contributed by atoms with Gasteiger partial charge in [0.25, 0.3) is 0 Å².